The van der Waals surface area contributed by atoms with Gasteiger partial charge in [-0.3, -0.25) is 9.59 Å². The summed E-state index contributed by atoms with van der Waals surface area (Å²) in [5, 5.41) is 0. The summed E-state index contributed by atoms with van der Waals surface area (Å²) in [6.07, 6.45) is -0.724. The van der Waals surface area contributed by atoms with Gasteiger partial charge in [-0.05, 0) is 22.9 Å². The van der Waals surface area contributed by atoms with Crippen molar-refractivity contribution in [2.24, 2.45) is 0 Å². The van der Waals surface area contributed by atoms with Crippen LogP contribution in [0.5, 0.6) is 0 Å². The quantitative estimate of drug-likeness (QED) is 0.528. The van der Waals surface area contributed by atoms with E-state index >= 15 is 0 Å². The van der Waals surface area contributed by atoms with Crippen LogP contribution in [-0.4, -0.2) is 16.4 Å². The van der Waals surface area contributed by atoms with E-state index < -0.39 is 22.8 Å². The Kier molecular flexibility index (Phi) is 3.08. The number of halogens is 3. The van der Waals surface area contributed by atoms with E-state index in [1.54, 1.807) is 0 Å². The monoisotopic (exact) mass is 214 g/mol. The fraction of sp³-hybridized carbons (Fsp3) is 0.600. The summed E-state index contributed by atoms with van der Waals surface area (Å²) in [6, 6.07) is 0. The smallest absolute Gasteiger partial charge is 0.300 e. The lowest BCUT2D eigenvalue weighted by Crippen LogP contribution is -2.22. The summed E-state index contributed by atoms with van der Waals surface area (Å²) in [6.45, 7) is 1.08. The van der Waals surface area contributed by atoms with Crippen LogP contribution in [0, 0.1) is 0 Å². The van der Waals surface area contributed by atoms with Crippen molar-refractivity contribution in [3.05, 3.63) is 0 Å². The maximum absolute atomic E-state index is 11.9. The van der Waals surface area contributed by atoms with Crippen LogP contribution in [0.1, 0.15) is 13.3 Å². The van der Waals surface area contributed by atoms with E-state index in [2.05, 4.69) is 0 Å². The molecule has 10 heavy (non-hydrogen) atoms. The minimum atomic E-state index is -3.56. The van der Waals surface area contributed by atoms with Crippen molar-refractivity contribution in [2.75, 3.05) is 0 Å². The van der Waals surface area contributed by atoms with Crippen LogP contribution in [0.3, 0.4) is 0 Å². The first kappa shape index (κ1) is 9.68. The molecule has 5 heteroatoms. The average Bonchev–Trinajstić information content (AvgIpc) is 1.60. The van der Waals surface area contributed by atoms with E-state index in [9.17, 15) is 18.4 Å². The molecular weight excluding hydrogens is 210 g/mol. The van der Waals surface area contributed by atoms with Crippen molar-refractivity contribution >= 4 is 27.5 Å². The summed E-state index contributed by atoms with van der Waals surface area (Å²) < 4.78 is 23.8. The molecule has 0 unspecified atom stereocenters. The van der Waals surface area contributed by atoms with Gasteiger partial charge in [-0.1, -0.05) is 0 Å². The van der Waals surface area contributed by atoms with Crippen molar-refractivity contribution < 1.29 is 18.4 Å². The molecule has 0 aliphatic heterocycles. The van der Waals surface area contributed by atoms with Crippen LogP contribution in [0.25, 0.3) is 0 Å². The van der Waals surface area contributed by atoms with Gasteiger partial charge in [0.2, 0.25) is 5.78 Å². The molecule has 0 saturated heterocycles. The molecule has 0 rings (SSSR count). The van der Waals surface area contributed by atoms with Gasteiger partial charge in [-0.15, -0.1) is 0 Å². The van der Waals surface area contributed by atoms with E-state index in [0.717, 1.165) is 6.92 Å². The summed E-state index contributed by atoms with van der Waals surface area (Å²) in [5.41, 5.74) is 0. The molecule has 0 spiro atoms. The van der Waals surface area contributed by atoms with Gasteiger partial charge in [0.15, 0.2) is 0 Å². The molecular formula is C5H5BrF2O2. The maximum Gasteiger partial charge on any atom is 0.359 e. The van der Waals surface area contributed by atoms with Gasteiger partial charge in [-0.25, -0.2) is 0 Å². The molecule has 0 heterocycles. The Morgan fingerprint density at radius 2 is 1.90 bits per heavy atom. The Bertz CT molecular complexity index is 162. The van der Waals surface area contributed by atoms with Crippen LogP contribution in [-0.2, 0) is 9.59 Å². The summed E-state index contributed by atoms with van der Waals surface area (Å²) >= 11 is 1.84. The molecule has 0 aliphatic carbocycles. The zero-order valence-corrected chi connectivity index (χ0v) is 6.74. The van der Waals surface area contributed by atoms with Crippen LogP contribution >= 0.6 is 15.9 Å². The van der Waals surface area contributed by atoms with E-state index in [-0.39, 0.29) is 0 Å². The second kappa shape index (κ2) is 3.18. The second-order valence-electron chi connectivity index (χ2n) is 1.80. The molecule has 0 aliphatic rings. The van der Waals surface area contributed by atoms with Gasteiger partial charge in [0.25, 0.3) is 0 Å². The number of ketones is 2. The molecule has 0 aromatic rings. The molecule has 0 saturated carbocycles. The largest absolute Gasteiger partial charge is 0.359 e. The lowest BCUT2D eigenvalue weighted by Gasteiger charge is -2.03. The van der Waals surface area contributed by atoms with Gasteiger partial charge in [0, 0.05) is 0 Å². The van der Waals surface area contributed by atoms with Gasteiger partial charge in [0.1, 0.15) is 5.78 Å². The van der Waals surface area contributed by atoms with E-state index in [0.29, 0.717) is 0 Å². The molecule has 0 atom stereocenters. The zero-order chi connectivity index (χ0) is 8.36. The van der Waals surface area contributed by atoms with Crippen molar-refractivity contribution in [1.29, 1.82) is 0 Å². The van der Waals surface area contributed by atoms with Gasteiger partial charge in [0.05, 0.1) is 6.42 Å². The fourth-order valence-electron chi connectivity index (χ4n) is 0.326. The molecule has 2 nitrogen and oxygen atoms in total. The van der Waals surface area contributed by atoms with Crippen molar-refractivity contribution in [2.45, 2.75) is 18.2 Å². The number of Topliss-reactive ketones (excluding diaryl/α,β-unsaturated/α-hetero) is 2. The SMILES string of the molecule is CC(=O)CC(=O)C(F)(F)Br. The number of alkyl halides is 3. The van der Waals surface area contributed by atoms with E-state index in [1.807, 2.05) is 15.9 Å². The highest BCUT2D eigenvalue weighted by atomic mass is 79.9. The minimum absolute atomic E-state index is 0.566. The Hall–Kier alpha value is -0.320. The predicted octanol–water partition coefficient (Wildman–Crippen LogP) is 1.52. The Morgan fingerprint density at radius 1 is 1.50 bits per heavy atom. The average molecular weight is 215 g/mol. The molecule has 0 aromatic carbocycles. The summed E-state index contributed by atoms with van der Waals surface area (Å²) in [7, 11) is 0. The molecule has 0 fully saturated rings. The standard InChI is InChI=1S/C5H5BrF2O2/c1-3(9)2-4(10)5(6,7)8/h2H2,1H3. The third kappa shape index (κ3) is 3.66. The number of rotatable bonds is 3. The van der Waals surface area contributed by atoms with E-state index in [4.69, 9.17) is 0 Å². The first-order chi connectivity index (χ1) is 4.34. The van der Waals surface area contributed by atoms with Crippen molar-refractivity contribution in [3.8, 4) is 0 Å². The molecule has 0 bridgehead atoms. The lowest BCUT2D eigenvalue weighted by molar-refractivity contribution is -0.135. The Labute approximate surface area is 64.7 Å². The molecule has 0 amide bonds. The third-order valence-corrected chi connectivity index (χ3v) is 1.17. The van der Waals surface area contributed by atoms with Crippen molar-refractivity contribution in [3.63, 3.8) is 0 Å². The third-order valence-electron chi connectivity index (χ3n) is 0.726. The Balaban J connectivity index is 3.99. The molecule has 0 aromatic heterocycles. The normalized spacial score (nSPS) is 11.2. The maximum atomic E-state index is 11.9. The molecule has 0 N–H and O–H groups in total. The van der Waals surface area contributed by atoms with Gasteiger partial charge < -0.3 is 0 Å². The molecule has 0 radical (unpaired) electrons. The minimum Gasteiger partial charge on any atom is -0.300 e. The van der Waals surface area contributed by atoms with Crippen LogP contribution in [0.2, 0.25) is 0 Å². The van der Waals surface area contributed by atoms with Crippen LogP contribution < -0.4 is 0 Å². The van der Waals surface area contributed by atoms with Gasteiger partial charge in [-0.2, -0.15) is 8.78 Å². The number of hydrogen-bond donors (Lipinski definition) is 0. The predicted molar refractivity (Wildman–Crippen MR) is 34.2 cm³/mol. The van der Waals surface area contributed by atoms with E-state index in [1.165, 1.54) is 0 Å². The summed E-state index contributed by atoms with van der Waals surface area (Å²) in [5.74, 6) is -1.97. The fourth-order valence-corrected chi connectivity index (χ4v) is 0.467. The molecule has 58 valence electrons. The highest BCUT2D eigenvalue weighted by Gasteiger charge is 2.34. The highest BCUT2D eigenvalue weighted by molar-refractivity contribution is 9.10. The topological polar surface area (TPSA) is 34.1 Å². The van der Waals surface area contributed by atoms with Gasteiger partial charge >= 0.3 is 4.83 Å². The zero-order valence-electron chi connectivity index (χ0n) is 5.16. The van der Waals surface area contributed by atoms with Crippen molar-refractivity contribution in [1.82, 2.24) is 0 Å². The number of carbonyl (C=O) groups is 2. The first-order valence-corrected chi connectivity index (χ1v) is 3.23. The second-order valence-corrected chi connectivity index (χ2v) is 2.80. The Morgan fingerprint density at radius 3 is 2.00 bits per heavy atom. The highest BCUT2D eigenvalue weighted by Crippen LogP contribution is 2.23. The number of hydrogen-bond acceptors (Lipinski definition) is 2. The lowest BCUT2D eigenvalue weighted by atomic mass is 10.2. The van der Waals surface area contributed by atoms with Crippen LogP contribution in [0.15, 0.2) is 0 Å². The summed E-state index contributed by atoms with van der Waals surface area (Å²) in [4.78, 5) is 16.8. The number of carbonyl (C=O) groups excluding carboxylic acids is 2. The van der Waals surface area contributed by atoms with Crippen LogP contribution in [0.4, 0.5) is 8.78 Å². The first-order valence-electron chi connectivity index (χ1n) is 2.43.